The molecule has 0 bridgehead atoms. The maximum atomic E-state index is 6.28. The zero-order valence-corrected chi connectivity index (χ0v) is 12.2. The standard InChI is InChI=1S/C13H12ClIN2/c14-7-5-9-12(16)8-3-1-2-4-11(8)17-13(9)10(15)6-7/h5-6H,1-4H2,(H2,16,17). The van der Waals surface area contributed by atoms with E-state index in [-0.39, 0.29) is 0 Å². The smallest absolute Gasteiger partial charge is 0.0860 e. The molecule has 1 aliphatic carbocycles. The van der Waals surface area contributed by atoms with Crippen LogP contribution in [0, 0.1) is 3.57 Å². The number of rotatable bonds is 0. The molecule has 2 N–H and O–H groups in total. The van der Waals surface area contributed by atoms with Gasteiger partial charge in [0.15, 0.2) is 0 Å². The molecule has 0 saturated heterocycles. The average Bonchev–Trinajstić information content (AvgIpc) is 2.31. The molecule has 3 rings (SSSR count). The lowest BCUT2D eigenvalue weighted by Gasteiger charge is -2.19. The molecule has 0 radical (unpaired) electrons. The first-order valence-corrected chi connectivity index (χ1v) is 7.18. The van der Waals surface area contributed by atoms with E-state index in [1.165, 1.54) is 24.1 Å². The number of hydrogen-bond donors (Lipinski definition) is 1. The third-order valence-corrected chi connectivity index (χ3v) is 4.37. The number of pyridine rings is 1. The summed E-state index contributed by atoms with van der Waals surface area (Å²) in [5, 5.41) is 1.73. The minimum Gasteiger partial charge on any atom is -0.398 e. The molecule has 0 saturated carbocycles. The molecular formula is C13H12ClIN2. The molecule has 0 amide bonds. The summed E-state index contributed by atoms with van der Waals surface area (Å²) in [6.45, 7) is 0. The molecule has 1 aromatic heterocycles. The lowest BCUT2D eigenvalue weighted by Crippen LogP contribution is -2.09. The van der Waals surface area contributed by atoms with Gasteiger partial charge in [0.25, 0.3) is 0 Å². The fourth-order valence-corrected chi connectivity index (χ4v) is 3.63. The zero-order valence-electron chi connectivity index (χ0n) is 9.26. The Hall–Kier alpha value is -0.550. The van der Waals surface area contributed by atoms with Crippen LogP contribution in [-0.2, 0) is 12.8 Å². The molecule has 4 heteroatoms. The molecule has 2 nitrogen and oxygen atoms in total. The van der Waals surface area contributed by atoms with E-state index in [1.54, 1.807) is 0 Å². The highest BCUT2D eigenvalue weighted by Crippen LogP contribution is 2.34. The number of aryl methyl sites for hydroxylation is 1. The van der Waals surface area contributed by atoms with E-state index in [2.05, 4.69) is 22.6 Å². The highest BCUT2D eigenvalue weighted by molar-refractivity contribution is 14.1. The van der Waals surface area contributed by atoms with Crippen molar-refractivity contribution in [1.29, 1.82) is 0 Å². The minimum atomic E-state index is 0.728. The number of fused-ring (bicyclic) bond motifs is 2. The van der Waals surface area contributed by atoms with Gasteiger partial charge in [0.1, 0.15) is 0 Å². The van der Waals surface area contributed by atoms with Crippen LogP contribution in [-0.4, -0.2) is 4.98 Å². The van der Waals surface area contributed by atoms with E-state index in [9.17, 15) is 0 Å². The summed E-state index contributed by atoms with van der Waals surface area (Å²) in [4.78, 5) is 4.77. The van der Waals surface area contributed by atoms with Gasteiger partial charge in [-0.3, -0.25) is 4.98 Å². The van der Waals surface area contributed by atoms with Crippen LogP contribution in [0.5, 0.6) is 0 Å². The first-order valence-electron chi connectivity index (χ1n) is 5.73. The molecule has 0 fully saturated rings. The Morgan fingerprint density at radius 3 is 2.82 bits per heavy atom. The van der Waals surface area contributed by atoms with E-state index in [1.807, 2.05) is 12.1 Å². The summed E-state index contributed by atoms with van der Waals surface area (Å²) < 4.78 is 1.07. The van der Waals surface area contributed by atoms with Gasteiger partial charge >= 0.3 is 0 Å². The van der Waals surface area contributed by atoms with Crippen molar-refractivity contribution in [2.24, 2.45) is 0 Å². The molecule has 2 aromatic rings. The Morgan fingerprint density at radius 2 is 2.00 bits per heavy atom. The first kappa shape index (κ1) is 11.5. The van der Waals surface area contributed by atoms with Crippen LogP contribution in [0.2, 0.25) is 5.02 Å². The topological polar surface area (TPSA) is 38.9 Å². The van der Waals surface area contributed by atoms with Gasteiger partial charge in [-0.25, -0.2) is 0 Å². The number of nitrogen functional groups attached to an aromatic ring is 1. The molecule has 0 atom stereocenters. The summed E-state index contributed by atoms with van der Waals surface area (Å²) >= 11 is 8.36. The van der Waals surface area contributed by atoms with Crippen molar-refractivity contribution in [2.45, 2.75) is 25.7 Å². The quantitative estimate of drug-likeness (QED) is 0.724. The van der Waals surface area contributed by atoms with Crippen LogP contribution in [0.4, 0.5) is 5.69 Å². The lowest BCUT2D eigenvalue weighted by atomic mass is 9.93. The number of benzene rings is 1. The number of nitrogens with two attached hydrogens (primary N) is 1. The van der Waals surface area contributed by atoms with Crippen molar-refractivity contribution < 1.29 is 0 Å². The van der Waals surface area contributed by atoms with Gasteiger partial charge in [-0.1, -0.05) is 11.6 Å². The molecule has 1 aromatic carbocycles. The van der Waals surface area contributed by atoms with Gasteiger partial charge in [0, 0.05) is 25.4 Å². The summed E-state index contributed by atoms with van der Waals surface area (Å²) in [7, 11) is 0. The lowest BCUT2D eigenvalue weighted by molar-refractivity contribution is 0.673. The van der Waals surface area contributed by atoms with Gasteiger partial charge < -0.3 is 5.73 Å². The third kappa shape index (κ3) is 1.89. The molecular weight excluding hydrogens is 347 g/mol. The fraction of sp³-hybridized carbons (Fsp3) is 0.308. The maximum absolute atomic E-state index is 6.28. The molecule has 1 aliphatic rings. The van der Waals surface area contributed by atoms with Crippen molar-refractivity contribution in [3.63, 3.8) is 0 Å². The summed E-state index contributed by atoms with van der Waals surface area (Å²) in [6, 6.07) is 3.86. The second-order valence-electron chi connectivity index (χ2n) is 4.44. The van der Waals surface area contributed by atoms with Gasteiger partial charge in [0.2, 0.25) is 0 Å². The second kappa shape index (κ2) is 4.28. The molecule has 0 unspecified atom stereocenters. The van der Waals surface area contributed by atoms with Crippen LogP contribution in [0.15, 0.2) is 12.1 Å². The summed E-state index contributed by atoms with van der Waals surface area (Å²) in [6.07, 6.45) is 4.53. The van der Waals surface area contributed by atoms with Crippen molar-refractivity contribution >= 4 is 50.8 Å². The fourth-order valence-electron chi connectivity index (χ4n) is 2.49. The van der Waals surface area contributed by atoms with Crippen LogP contribution >= 0.6 is 34.2 Å². The molecule has 0 aliphatic heterocycles. The summed E-state index contributed by atoms with van der Waals surface area (Å²) in [5.41, 5.74) is 10.6. The average molecular weight is 359 g/mol. The monoisotopic (exact) mass is 358 g/mol. The largest absolute Gasteiger partial charge is 0.398 e. The van der Waals surface area contributed by atoms with Gasteiger partial charge in [-0.15, -0.1) is 0 Å². The van der Waals surface area contributed by atoms with Crippen molar-refractivity contribution in [3.05, 3.63) is 32.0 Å². The highest BCUT2D eigenvalue weighted by Gasteiger charge is 2.17. The van der Waals surface area contributed by atoms with E-state index in [0.29, 0.717) is 0 Å². The Balaban J connectivity index is 2.40. The van der Waals surface area contributed by atoms with Crippen LogP contribution in [0.3, 0.4) is 0 Å². The van der Waals surface area contributed by atoms with Crippen molar-refractivity contribution in [1.82, 2.24) is 4.98 Å². The highest BCUT2D eigenvalue weighted by atomic mass is 127. The van der Waals surface area contributed by atoms with Gasteiger partial charge in [-0.05, 0) is 66.0 Å². The van der Waals surface area contributed by atoms with Crippen LogP contribution in [0.1, 0.15) is 24.1 Å². The Labute approximate surface area is 119 Å². The van der Waals surface area contributed by atoms with Crippen LogP contribution < -0.4 is 5.73 Å². The third-order valence-electron chi connectivity index (χ3n) is 3.33. The molecule has 88 valence electrons. The SMILES string of the molecule is Nc1c2c(nc3c(I)cc(Cl)cc13)CCCC2. The predicted molar refractivity (Wildman–Crippen MR) is 80.5 cm³/mol. The zero-order chi connectivity index (χ0) is 12.0. The molecule has 1 heterocycles. The van der Waals surface area contributed by atoms with Gasteiger partial charge in [-0.2, -0.15) is 0 Å². The number of aromatic nitrogens is 1. The Morgan fingerprint density at radius 1 is 1.24 bits per heavy atom. The Bertz CT molecular complexity index is 610. The normalized spacial score (nSPS) is 14.9. The van der Waals surface area contributed by atoms with E-state index < -0.39 is 0 Å². The second-order valence-corrected chi connectivity index (χ2v) is 6.04. The van der Waals surface area contributed by atoms with E-state index in [0.717, 1.165) is 38.0 Å². The summed E-state index contributed by atoms with van der Waals surface area (Å²) in [5.74, 6) is 0. The number of halogens is 2. The van der Waals surface area contributed by atoms with Crippen molar-refractivity contribution in [3.8, 4) is 0 Å². The van der Waals surface area contributed by atoms with E-state index in [4.69, 9.17) is 22.3 Å². The Kier molecular flexibility index (Phi) is 2.91. The number of nitrogens with zero attached hydrogens (tertiary/aromatic N) is 1. The van der Waals surface area contributed by atoms with Gasteiger partial charge in [0.05, 0.1) is 5.52 Å². The number of anilines is 1. The number of hydrogen-bond acceptors (Lipinski definition) is 2. The minimum absolute atomic E-state index is 0.728. The first-order chi connectivity index (χ1) is 8.16. The molecule has 0 spiro atoms. The molecule has 17 heavy (non-hydrogen) atoms. The maximum Gasteiger partial charge on any atom is 0.0860 e. The van der Waals surface area contributed by atoms with Crippen LogP contribution in [0.25, 0.3) is 10.9 Å². The van der Waals surface area contributed by atoms with Crippen molar-refractivity contribution in [2.75, 3.05) is 5.73 Å². The predicted octanol–water partition coefficient (Wildman–Crippen LogP) is 3.95. The van der Waals surface area contributed by atoms with E-state index >= 15 is 0 Å².